The lowest BCUT2D eigenvalue weighted by molar-refractivity contribution is 1.21. The molecule has 14 aromatic carbocycles. The van der Waals surface area contributed by atoms with Crippen molar-refractivity contribution in [2.45, 2.75) is 16.7 Å². The van der Waals surface area contributed by atoms with Gasteiger partial charge in [-0.2, -0.15) is 0 Å². The lowest BCUT2D eigenvalue weighted by atomic mass is 9.31. The number of benzene rings is 14. The van der Waals surface area contributed by atoms with Crippen molar-refractivity contribution >= 4 is 143 Å². The molecule has 4 aliphatic heterocycles. The minimum atomic E-state index is -0.123. The third kappa shape index (κ3) is 9.04. The fourth-order valence-electron chi connectivity index (χ4n) is 15.1. The van der Waals surface area contributed by atoms with E-state index in [9.17, 15) is 0 Å². The molecular formula is C85H59B2N5S. The highest BCUT2D eigenvalue weighted by Crippen LogP contribution is 2.52. The Kier molecular flexibility index (Phi) is 13.2. The second kappa shape index (κ2) is 22.5. The molecule has 0 fully saturated rings. The summed E-state index contributed by atoms with van der Waals surface area (Å²) in [5.41, 5.74) is 30.5. The van der Waals surface area contributed by atoms with E-state index in [0.717, 1.165) is 73.7 Å². The van der Waals surface area contributed by atoms with Gasteiger partial charge in [0.25, 0.3) is 6.71 Å². The largest absolute Gasteiger partial charge is 0.311 e. The molecular weight excluding hydrogens is 1140 g/mol. The summed E-state index contributed by atoms with van der Waals surface area (Å²) in [6.45, 7) is 2.04. The molecule has 0 unspecified atom stereocenters. The predicted octanol–water partition coefficient (Wildman–Crippen LogP) is 19.1. The topological polar surface area (TPSA) is 16.2 Å². The summed E-state index contributed by atoms with van der Waals surface area (Å²) in [7, 11) is 0. The van der Waals surface area contributed by atoms with Gasteiger partial charge in [-0.05, 0) is 172 Å². The number of anilines is 15. The zero-order valence-corrected chi connectivity index (χ0v) is 51.9. The number of fused-ring (bicyclic) bond motifs is 8. The number of rotatable bonds is 11. The Morgan fingerprint density at radius 3 is 1.30 bits per heavy atom. The second-order valence-electron chi connectivity index (χ2n) is 24.4. The highest BCUT2D eigenvalue weighted by Gasteiger charge is 2.48. The van der Waals surface area contributed by atoms with Crippen LogP contribution in [0.5, 0.6) is 0 Å². The van der Waals surface area contributed by atoms with Gasteiger partial charge >= 0.3 is 0 Å². The van der Waals surface area contributed by atoms with Crippen molar-refractivity contribution in [1.29, 1.82) is 0 Å². The van der Waals surface area contributed by atoms with Crippen molar-refractivity contribution in [3.63, 3.8) is 0 Å². The molecule has 0 saturated carbocycles. The van der Waals surface area contributed by atoms with Gasteiger partial charge in [0.05, 0.1) is 11.4 Å². The summed E-state index contributed by atoms with van der Waals surface area (Å²) >= 11 is 1.91. The van der Waals surface area contributed by atoms with Crippen molar-refractivity contribution in [2.24, 2.45) is 0 Å². The van der Waals surface area contributed by atoms with E-state index in [0.29, 0.717) is 0 Å². The zero-order chi connectivity index (χ0) is 61.5. The molecule has 436 valence electrons. The van der Waals surface area contributed by atoms with Crippen molar-refractivity contribution in [1.82, 2.24) is 0 Å². The van der Waals surface area contributed by atoms with Crippen molar-refractivity contribution in [2.75, 3.05) is 24.5 Å². The maximum Gasteiger partial charge on any atom is 0.252 e. The Morgan fingerprint density at radius 1 is 0.269 bits per heavy atom. The smallest absolute Gasteiger partial charge is 0.252 e. The van der Waals surface area contributed by atoms with Crippen LogP contribution in [-0.4, -0.2) is 13.4 Å². The molecule has 0 saturated heterocycles. The average molecular weight is 1200 g/mol. The van der Waals surface area contributed by atoms with Gasteiger partial charge in [-0.15, -0.1) is 0 Å². The summed E-state index contributed by atoms with van der Waals surface area (Å²) in [6, 6.07) is 126. The molecule has 0 bridgehead atoms. The van der Waals surface area contributed by atoms with E-state index in [2.05, 4.69) is 371 Å². The third-order valence-corrected chi connectivity index (χ3v) is 20.3. The van der Waals surface area contributed by atoms with Crippen LogP contribution in [0.3, 0.4) is 0 Å². The highest BCUT2D eigenvalue weighted by atomic mass is 32.2. The predicted molar refractivity (Wildman–Crippen MR) is 395 cm³/mol. The summed E-state index contributed by atoms with van der Waals surface area (Å²) in [4.78, 5) is 15.0. The Bertz CT molecular complexity index is 5130. The van der Waals surface area contributed by atoms with Crippen LogP contribution in [-0.2, 0) is 0 Å². The molecule has 0 spiro atoms. The average Bonchev–Trinajstić information content (AvgIpc) is 0.699. The quantitative estimate of drug-likeness (QED) is 0.119. The standard InChI is InChI=1S/C85H59B2N5S/c1-58-28-20-24-44-74(58)92-78-57-82-73(56-72(78)86-70-42-22-26-46-76(70)90(64-37-16-6-17-38-64)79-52-67(53-80(92)84(79)86)88(62-33-12-4-13-34-62)63-35-14-5-15-36-63)87-71-43-23-27-47-77(71)91(65-39-18-7-19-40-65)81-54-68(55-83(93-82)85(81)87)89(66-50-48-60(49-51-66)59-29-8-2-9-30-59)75-45-25-21-41-69(75)61-31-10-3-11-32-61/h2-57H,1H3. The van der Waals surface area contributed by atoms with Gasteiger partial charge in [-0.1, -0.05) is 242 Å². The number of hydrogen-bond acceptors (Lipinski definition) is 6. The van der Waals surface area contributed by atoms with E-state index in [-0.39, 0.29) is 13.4 Å². The molecule has 0 aliphatic carbocycles. The highest BCUT2D eigenvalue weighted by molar-refractivity contribution is 8.00. The molecule has 8 heteroatoms. The Balaban J connectivity index is 0.907. The minimum absolute atomic E-state index is 0.0999. The van der Waals surface area contributed by atoms with E-state index in [1.54, 1.807) is 0 Å². The van der Waals surface area contributed by atoms with E-state index < -0.39 is 0 Å². The van der Waals surface area contributed by atoms with E-state index in [1.807, 2.05) is 11.8 Å². The maximum absolute atomic E-state index is 2.64. The molecule has 93 heavy (non-hydrogen) atoms. The van der Waals surface area contributed by atoms with Gasteiger partial charge in [0.1, 0.15) is 0 Å². The van der Waals surface area contributed by atoms with Crippen LogP contribution in [0, 0.1) is 6.92 Å². The van der Waals surface area contributed by atoms with Gasteiger partial charge in [0.2, 0.25) is 6.71 Å². The number of hydrogen-bond donors (Lipinski definition) is 0. The van der Waals surface area contributed by atoms with Crippen LogP contribution in [0.25, 0.3) is 22.3 Å². The number of nitrogens with zero attached hydrogens (tertiary/aromatic N) is 5. The first-order chi connectivity index (χ1) is 46.1. The first-order valence-corrected chi connectivity index (χ1v) is 32.9. The molecule has 5 nitrogen and oxygen atoms in total. The van der Waals surface area contributed by atoms with Gasteiger partial charge in [-0.25, -0.2) is 0 Å². The molecule has 0 aromatic heterocycles. The van der Waals surface area contributed by atoms with Gasteiger partial charge in [-0.3, -0.25) is 0 Å². The first kappa shape index (κ1) is 54.5. The van der Waals surface area contributed by atoms with E-state index in [4.69, 9.17) is 0 Å². The lowest BCUT2D eigenvalue weighted by Crippen LogP contribution is -2.64. The lowest BCUT2D eigenvalue weighted by Gasteiger charge is -2.46. The van der Waals surface area contributed by atoms with Gasteiger partial charge < -0.3 is 24.5 Å². The molecule has 0 amide bonds. The summed E-state index contributed by atoms with van der Waals surface area (Å²) in [5, 5.41) is 0. The third-order valence-electron chi connectivity index (χ3n) is 19.1. The first-order valence-electron chi connectivity index (χ1n) is 32.1. The monoisotopic (exact) mass is 1200 g/mol. The van der Waals surface area contributed by atoms with Crippen LogP contribution < -0.4 is 57.3 Å². The SMILES string of the molecule is Cc1ccccc1N1c2cc3c(cc2B2c4ccccc4N(c4ccccc4)c4cc(N(c5ccccc5)c5ccccc5)cc1c42)B1c2ccccc2N(c2ccccc2)c2cc(N(c4ccc(-c5ccccc5)cc4)c4ccccc4-c4ccccc4)cc(c21)S3. The molecule has 0 atom stereocenters. The van der Waals surface area contributed by atoms with Crippen molar-refractivity contribution in [3.8, 4) is 22.3 Å². The molecule has 18 rings (SSSR count). The van der Waals surface area contributed by atoms with Crippen molar-refractivity contribution in [3.05, 3.63) is 345 Å². The Hall–Kier alpha value is -11.4. The van der Waals surface area contributed by atoms with Gasteiger partial charge in [0, 0.05) is 89.3 Å². The van der Waals surface area contributed by atoms with Gasteiger partial charge in [0.15, 0.2) is 0 Å². The van der Waals surface area contributed by atoms with Crippen LogP contribution >= 0.6 is 11.8 Å². The van der Waals surface area contributed by atoms with Crippen LogP contribution in [0.1, 0.15) is 5.56 Å². The summed E-state index contributed by atoms with van der Waals surface area (Å²) in [6.07, 6.45) is 0. The maximum atomic E-state index is 2.64. The Labute approximate surface area is 548 Å². The Morgan fingerprint density at radius 2 is 0.710 bits per heavy atom. The molecule has 0 N–H and O–H groups in total. The van der Waals surface area contributed by atoms with Crippen molar-refractivity contribution < 1.29 is 0 Å². The fraction of sp³-hybridized carbons (Fsp3) is 0.0118. The van der Waals surface area contributed by atoms with E-state index >= 15 is 0 Å². The zero-order valence-electron chi connectivity index (χ0n) is 51.1. The fourth-order valence-corrected chi connectivity index (χ4v) is 16.4. The van der Waals surface area contributed by atoms with Crippen LogP contribution in [0.2, 0.25) is 0 Å². The molecule has 4 heterocycles. The minimum Gasteiger partial charge on any atom is -0.311 e. The summed E-state index contributed by atoms with van der Waals surface area (Å²) < 4.78 is 0. The number of aryl methyl sites for hydroxylation is 1. The number of para-hydroxylation sites is 8. The van der Waals surface area contributed by atoms with Crippen LogP contribution in [0.4, 0.5) is 85.3 Å². The normalized spacial score (nSPS) is 12.8. The summed E-state index contributed by atoms with van der Waals surface area (Å²) in [5.74, 6) is 0. The molecule has 4 aliphatic rings. The molecule has 0 radical (unpaired) electrons. The van der Waals surface area contributed by atoms with Crippen LogP contribution in [0.15, 0.2) is 350 Å². The second-order valence-corrected chi connectivity index (χ2v) is 25.5. The molecule has 14 aromatic rings. The van der Waals surface area contributed by atoms with E-state index in [1.165, 1.54) is 82.0 Å².